The highest BCUT2D eigenvalue weighted by molar-refractivity contribution is 6.31. The van der Waals surface area contributed by atoms with Crippen LogP contribution in [0, 0.1) is 5.82 Å². The molecular weight excluding hydrogens is 435 g/mol. The number of amides is 1. The molecular formula is C24H24ClFN2O4. The van der Waals surface area contributed by atoms with Crippen LogP contribution in [0.2, 0.25) is 5.02 Å². The molecule has 0 saturated carbocycles. The van der Waals surface area contributed by atoms with Crippen LogP contribution in [0.4, 0.5) is 4.39 Å². The van der Waals surface area contributed by atoms with Gasteiger partial charge in [0.05, 0.1) is 7.11 Å². The van der Waals surface area contributed by atoms with Gasteiger partial charge in [0.1, 0.15) is 29.7 Å². The van der Waals surface area contributed by atoms with Crippen molar-refractivity contribution in [2.75, 3.05) is 33.3 Å². The number of ether oxygens (including phenoxy) is 2. The summed E-state index contributed by atoms with van der Waals surface area (Å²) in [6.45, 7) is 2.94. The Morgan fingerprint density at radius 1 is 1.06 bits per heavy atom. The summed E-state index contributed by atoms with van der Waals surface area (Å²) in [5.41, 5.74) is 0.487. The number of furan rings is 1. The molecule has 0 aliphatic carbocycles. The number of benzene rings is 2. The molecule has 8 heteroatoms. The number of halogens is 2. The number of methoxy groups -OCH3 is 1. The van der Waals surface area contributed by atoms with E-state index in [1.807, 2.05) is 18.2 Å². The Labute approximate surface area is 191 Å². The Morgan fingerprint density at radius 2 is 1.81 bits per heavy atom. The number of carbonyl (C=O) groups excluding carboxylic acids is 1. The second kappa shape index (κ2) is 10.1. The molecule has 1 saturated heterocycles. The van der Waals surface area contributed by atoms with Gasteiger partial charge in [0.25, 0.3) is 5.91 Å². The van der Waals surface area contributed by atoms with Gasteiger partial charge in [-0.2, -0.15) is 0 Å². The van der Waals surface area contributed by atoms with Crippen molar-refractivity contribution in [1.82, 2.24) is 9.80 Å². The van der Waals surface area contributed by atoms with Crippen LogP contribution in [0.5, 0.6) is 11.5 Å². The lowest BCUT2D eigenvalue weighted by atomic mass is 10.2. The lowest BCUT2D eigenvalue weighted by Gasteiger charge is -2.34. The van der Waals surface area contributed by atoms with Crippen LogP contribution < -0.4 is 9.47 Å². The van der Waals surface area contributed by atoms with Gasteiger partial charge in [-0.3, -0.25) is 9.69 Å². The fourth-order valence-electron chi connectivity index (χ4n) is 3.59. The SMILES string of the molecule is COc1cccc(OCc2ccc(C(=O)N3CCN(Cc4c(F)cccc4Cl)CC3)o2)c1. The van der Waals surface area contributed by atoms with Crippen molar-refractivity contribution in [2.24, 2.45) is 0 Å². The summed E-state index contributed by atoms with van der Waals surface area (Å²) < 4.78 is 30.6. The van der Waals surface area contributed by atoms with E-state index in [1.54, 1.807) is 42.3 Å². The third kappa shape index (κ3) is 5.23. The highest BCUT2D eigenvalue weighted by Gasteiger charge is 2.25. The standard InChI is InChI=1S/C24H24ClFN2O4/c1-30-17-4-2-5-18(14-17)31-16-19-8-9-23(32-19)24(29)28-12-10-27(11-13-28)15-20-21(25)6-3-7-22(20)26/h2-9,14H,10-13,15-16H2,1H3. The zero-order valence-corrected chi connectivity index (χ0v) is 18.5. The first-order valence-electron chi connectivity index (χ1n) is 10.3. The molecule has 0 unspecified atom stereocenters. The maximum absolute atomic E-state index is 14.0. The second-order valence-corrected chi connectivity index (χ2v) is 7.91. The van der Waals surface area contributed by atoms with Gasteiger partial charge in [-0.1, -0.05) is 23.7 Å². The molecule has 0 bridgehead atoms. The van der Waals surface area contributed by atoms with Crippen molar-refractivity contribution in [2.45, 2.75) is 13.2 Å². The molecule has 0 atom stereocenters. The lowest BCUT2D eigenvalue weighted by molar-refractivity contribution is 0.0593. The molecule has 1 aliphatic rings. The van der Waals surface area contributed by atoms with Gasteiger partial charge in [0.15, 0.2) is 5.76 Å². The van der Waals surface area contributed by atoms with E-state index >= 15 is 0 Å². The fraction of sp³-hybridized carbons (Fsp3) is 0.292. The average Bonchev–Trinajstić information content (AvgIpc) is 3.29. The van der Waals surface area contributed by atoms with E-state index < -0.39 is 0 Å². The number of carbonyl (C=O) groups is 1. The minimum atomic E-state index is -0.310. The molecule has 1 aliphatic heterocycles. The van der Waals surface area contributed by atoms with Crippen LogP contribution in [-0.4, -0.2) is 49.0 Å². The van der Waals surface area contributed by atoms with E-state index in [4.69, 9.17) is 25.5 Å². The first-order valence-corrected chi connectivity index (χ1v) is 10.7. The summed E-state index contributed by atoms with van der Waals surface area (Å²) in [5.74, 6) is 1.72. The number of nitrogens with zero attached hydrogens (tertiary/aromatic N) is 2. The van der Waals surface area contributed by atoms with Crippen molar-refractivity contribution in [3.63, 3.8) is 0 Å². The lowest BCUT2D eigenvalue weighted by Crippen LogP contribution is -2.48. The summed E-state index contributed by atoms with van der Waals surface area (Å²) in [6, 6.07) is 15.4. The van der Waals surface area contributed by atoms with Crippen molar-refractivity contribution in [3.05, 3.63) is 82.5 Å². The molecule has 32 heavy (non-hydrogen) atoms. The molecule has 1 amide bonds. The fourth-order valence-corrected chi connectivity index (χ4v) is 3.81. The van der Waals surface area contributed by atoms with Crippen LogP contribution in [0.25, 0.3) is 0 Å². The molecule has 0 spiro atoms. The summed E-state index contributed by atoms with van der Waals surface area (Å²) in [7, 11) is 1.60. The zero-order valence-electron chi connectivity index (χ0n) is 17.7. The molecule has 0 N–H and O–H groups in total. The Kier molecular flexibility index (Phi) is 6.97. The molecule has 1 aromatic heterocycles. The Balaban J connectivity index is 1.29. The quantitative estimate of drug-likeness (QED) is 0.517. The minimum Gasteiger partial charge on any atom is -0.497 e. The Hall–Kier alpha value is -3.03. The molecule has 2 heterocycles. The number of hydrogen-bond acceptors (Lipinski definition) is 5. The van der Waals surface area contributed by atoms with E-state index in [9.17, 15) is 9.18 Å². The van der Waals surface area contributed by atoms with Gasteiger partial charge < -0.3 is 18.8 Å². The van der Waals surface area contributed by atoms with E-state index in [-0.39, 0.29) is 24.1 Å². The normalized spacial score (nSPS) is 14.4. The second-order valence-electron chi connectivity index (χ2n) is 7.50. The summed E-state index contributed by atoms with van der Waals surface area (Å²) in [4.78, 5) is 16.6. The summed E-state index contributed by atoms with van der Waals surface area (Å²) in [5, 5.41) is 0.419. The van der Waals surface area contributed by atoms with E-state index in [0.717, 1.165) is 0 Å². The predicted octanol–water partition coefficient (Wildman–Crippen LogP) is 4.62. The smallest absolute Gasteiger partial charge is 0.289 e. The summed E-state index contributed by atoms with van der Waals surface area (Å²) in [6.07, 6.45) is 0. The van der Waals surface area contributed by atoms with Gasteiger partial charge in [-0.15, -0.1) is 0 Å². The first-order chi connectivity index (χ1) is 15.5. The van der Waals surface area contributed by atoms with Crippen LogP contribution >= 0.6 is 11.6 Å². The van der Waals surface area contributed by atoms with Crippen LogP contribution in [-0.2, 0) is 13.2 Å². The molecule has 4 rings (SSSR count). The van der Waals surface area contributed by atoms with Gasteiger partial charge >= 0.3 is 0 Å². The van der Waals surface area contributed by atoms with Gasteiger partial charge in [-0.05, 0) is 36.4 Å². The van der Waals surface area contributed by atoms with Crippen molar-refractivity contribution < 1.29 is 23.1 Å². The van der Waals surface area contributed by atoms with Gasteiger partial charge in [0, 0.05) is 49.4 Å². The van der Waals surface area contributed by atoms with Crippen molar-refractivity contribution in [3.8, 4) is 11.5 Å². The molecule has 0 radical (unpaired) electrons. The van der Waals surface area contributed by atoms with Gasteiger partial charge in [-0.25, -0.2) is 4.39 Å². The Bertz CT molecular complexity index is 1060. The van der Waals surface area contributed by atoms with Crippen LogP contribution in [0.3, 0.4) is 0 Å². The number of rotatable bonds is 7. The van der Waals surface area contributed by atoms with E-state index in [2.05, 4.69) is 4.90 Å². The molecule has 1 fully saturated rings. The topological polar surface area (TPSA) is 55.2 Å². The number of hydrogen-bond donors (Lipinski definition) is 0. The zero-order chi connectivity index (χ0) is 22.5. The van der Waals surface area contributed by atoms with Crippen molar-refractivity contribution >= 4 is 17.5 Å². The third-order valence-electron chi connectivity index (χ3n) is 5.40. The largest absolute Gasteiger partial charge is 0.497 e. The van der Waals surface area contributed by atoms with Gasteiger partial charge in [0.2, 0.25) is 0 Å². The van der Waals surface area contributed by atoms with E-state index in [0.29, 0.717) is 60.6 Å². The monoisotopic (exact) mass is 458 g/mol. The highest BCUT2D eigenvalue weighted by atomic mass is 35.5. The van der Waals surface area contributed by atoms with Crippen LogP contribution in [0.15, 0.2) is 59.0 Å². The van der Waals surface area contributed by atoms with Crippen LogP contribution in [0.1, 0.15) is 21.9 Å². The average molecular weight is 459 g/mol. The maximum atomic E-state index is 14.0. The molecule has 6 nitrogen and oxygen atoms in total. The third-order valence-corrected chi connectivity index (χ3v) is 5.75. The Morgan fingerprint density at radius 3 is 2.56 bits per heavy atom. The maximum Gasteiger partial charge on any atom is 0.289 e. The first kappa shape index (κ1) is 22.2. The minimum absolute atomic E-state index is 0.166. The number of piperazine rings is 1. The summed E-state index contributed by atoms with van der Waals surface area (Å²) >= 11 is 6.13. The molecule has 168 valence electrons. The highest BCUT2D eigenvalue weighted by Crippen LogP contribution is 2.23. The molecule has 3 aromatic rings. The van der Waals surface area contributed by atoms with Crippen molar-refractivity contribution in [1.29, 1.82) is 0 Å². The molecule has 2 aromatic carbocycles. The predicted molar refractivity (Wildman–Crippen MR) is 119 cm³/mol. The van der Waals surface area contributed by atoms with E-state index in [1.165, 1.54) is 6.07 Å².